The van der Waals surface area contributed by atoms with Crippen LogP contribution in [0, 0.1) is 0 Å². The first-order valence-electron chi connectivity index (χ1n) is 6.25. The largest absolute Gasteiger partial charge is 0.368 e. The van der Waals surface area contributed by atoms with Crippen molar-refractivity contribution in [1.82, 2.24) is 19.9 Å². The first kappa shape index (κ1) is 13.9. The number of aromatic nitrogens is 3. The molecule has 0 radical (unpaired) electrons. The Morgan fingerprint density at radius 3 is 2.63 bits per heavy atom. The number of likely N-dealkylation sites (tertiary alicyclic amines) is 1. The van der Waals surface area contributed by atoms with Crippen LogP contribution < -0.4 is 11.5 Å². The molecule has 0 unspecified atom stereocenters. The smallest absolute Gasteiger partial charge is 0.233 e. The third-order valence-electron chi connectivity index (χ3n) is 3.10. The van der Waals surface area contributed by atoms with E-state index in [1.54, 1.807) is 0 Å². The minimum absolute atomic E-state index is 0.0776. The number of hydrogen-bond acceptors (Lipinski definition) is 7. The van der Waals surface area contributed by atoms with E-state index in [1.165, 1.54) is 18.2 Å². The molecule has 1 aliphatic heterocycles. The van der Waals surface area contributed by atoms with E-state index in [-0.39, 0.29) is 17.8 Å². The molecule has 8 heteroatoms. The maximum absolute atomic E-state index is 12.1. The molecule has 1 amide bonds. The van der Waals surface area contributed by atoms with Gasteiger partial charge in [0.25, 0.3) is 0 Å². The van der Waals surface area contributed by atoms with Gasteiger partial charge < -0.3 is 16.4 Å². The number of rotatable bonds is 3. The molecule has 1 saturated heterocycles. The lowest BCUT2D eigenvalue weighted by Gasteiger charge is -2.33. The van der Waals surface area contributed by atoms with Crippen LogP contribution in [0.4, 0.5) is 11.9 Å². The third kappa shape index (κ3) is 3.69. The van der Waals surface area contributed by atoms with Gasteiger partial charge in [0.15, 0.2) is 5.16 Å². The Morgan fingerprint density at radius 2 is 2.00 bits per heavy atom. The number of nitrogens with zero attached hydrogens (tertiary/aromatic N) is 4. The standard InChI is InChI=1S/C11H18N6OS/c1-7-4-2-3-5-17(7)8(18)6-19-11-15-9(12)14-10(13)16-11/h7H,2-6H2,1H3,(H4,12,13,14,15,16)/t7-/m0/s1. The molecule has 2 rings (SSSR count). The van der Waals surface area contributed by atoms with Gasteiger partial charge in [-0.15, -0.1) is 0 Å². The molecule has 104 valence electrons. The molecule has 1 aromatic rings. The number of piperidine rings is 1. The van der Waals surface area contributed by atoms with E-state index in [0.717, 1.165) is 19.4 Å². The number of nitrogen functional groups attached to an aromatic ring is 2. The highest BCUT2D eigenvalue weighted by atomic mass is 32.2. The Labute approximate surface area is 116 Å². The van der Waals surface area contributed by atoms with Gasteiger partial charge in [0.1, 0.15) is 0 Å². The Morgan fingerprint density at radius 1 is 1.32 bits per heavy atom. The maximum Gasteiger partial charge on any atom is 0.233 e. The van der Waals surface area contributed by atoms with Gasteiger partial charge in [-0.2, -0.15) is 15.0 Å². The van der Waals surface area contributed by atoms with Crippen LogP contribution in [0.2, 0.25) is 0 Å². The van der Waals surface area contributed by atoms with E-state index in [9.17, 15) is 4.79 Å². The van der Waals surface area contributed by atoms with Gasteiger partial charge in [-0.05, 0) is 26.2 Å². The zero-order valence-electron chi connectivity index (χ0n) is 10.9. The van der Waals surface area contributed by atoms with Crippen molar-refractivity contribution < 1.29 is 4.79 Å². The minimum Gasteiger partial charge on any atom is -0.368 e. The highest BCUT2D eigenvalue weighted by Crippen LogP contribution is 2.20. The van der Waals surface area contributed by atoms with Crippen LogP contribution >= 0.6 is 11.8 Å². The van der Waals surface area contributed by atoms with Crippen LogP contribution in [0.3, 0.4) is 0 Å². The molecule has 7 nitrogen and oxygen atoms in total. The third-order valence-corrected chi connectivity index (χ3v) is 3.93. The van der Waals surface area contributed by atoms with Crippen molar-refractivity contribution in [3.05, 3.63) is 0 Å². The SMILES string of the molecule is C[C@H]1CCCCN1C(=O)CSc1nc(N)nc(N)n1. The Hall–Kier alpha value is -1.57. The highest BCUT2D eigenvalue weighted by Gasteiger charge is 2.23. The number of hydrogen-bond donors (Lipinski definition) is 2. The summed E-state index contributed by atoms with van der Waals surface area (Å²) >= 11 is 1.24. The molecule has 0 saturated carbocycles. The van der Waals surface area contributed by atoms with Gasteiger partial charge in [0.2, 0.25) is 17.8 Å². The van der Waals surface area contributed by atoms with E-state index in [0.29, 0.717) is 17.0 Å². The summed E-state index contributed by atoms with van der Waals surface area (Å²) < 4.78 is 0. The van der Waals surface area contributed by atoms with Crippen molar-refractivity contribution in [3.8, 4) is 0 Å². The molecule has 4 N–H and O–H groups in total. The number of anilines is 2. The number of carbonyl (C=O) groups excluding carboxylic acids is 1. The highest BCUT2D eigenvalue weighted by molar-refractivity contribution is 7.99. The van der Waals surface area contributed by atoms with Crippen LogP contribution in [0.1, 0.15) is 26.2 Å². The van der Waals surface area contributed by atoms with Gasteiger partial charge in [-0.1, -0.05) is 11.8 Å². The number of nitrogens with two attached hydrogens (primary N) is 2. The minimum atomic E-state index is 0.0776. The lowest BCUT2D eigenvalue weighted by atomic mass is 10.0. The molecule has 1 aliphatic rings. The molecular formula is C11H18N6OS. The van der Waals surface area contributed by atoms with Crippen molar-refractivity contribution in [2.24, 2.45) is 0 Å². The lowest BCUT2D eigenvalue weighted by Crippen LogP contribution is -2.42. The second-order valence-electron chi connectivity index (χ2n) is 4.55. The van der Waals surface area contributed by atoms with Gasteiger partial charge >= 0.3 is 0 Å². The monoisotopic (exact) mass is 282 g/mol. The van der Waals surface area contributed by atoms with E-state index in [4.69, 9.17) is 11.5 Å². The molecule has 0 spiro atoms. The zero-order valence-corrected chi connectivity index (χ0v) is 11.7. The van der Waals surface area contributed by atoms with Crippen LogP contribution in [0.15, 0.2) is 5.16 Å². The normalized spacial score (nSPS) is 19.4. The predicted molar refractivity (Wildman–Crippen MR) is 74.4 cm³/mol. The quantitative estimate of drug-likeness (QED) is 0.778. The maximum atomic E-state index is 12.1. The summed E-state index contributed by atoms with van der Waals surface area (Å²) in [5.74, 6) is 0.560. The van der Waals surface area contributed by atoms with Gasteiger partial charge in [0.05, 0.1) is 5.75 Å². The van der Waals surface area contributed by atoms with Crippen LogP contribution in [0.25, 0.3) is 0 Å². The molecule has 0 aliphatic carbocycles. The fraction of sp³-hybridized carbons (Fsp3) is 0.636. The average molecular weight is 282 g/mol. The van der Waals surface area contributed by atoms with Crippen molar-refractivity contribution in [1.29, 1.82) is 0 Å². The van der Waals surface area contributed by atoms with E-state index in [1.807, 2.05) is 4.90 Å². The topological polar surface area (TPSA) is 111 Å². The predicted octanol–water partition coefficient (Wildman–Crippen LogP) is 0.529. The molecule has 2 heterocycles. The number of amides is 1. The second kappa shape index (κ2) is 6.05. The summed E-state index contributed by atoms with van der Waals surface area (Å²) in [6.07, 6.45) is 3.34. The van der Waals surface area contributed by atoms with Crippen molar-refractivity contribution >= 4 is 29.6 Å². The molecule has 0 aromatic carbocycles. The van der Waals surface area contributed by atoms with Crippen LogP contribution in [-0.4, -0.2) is 44.1 Å². The Kier molecular flexibility index (Phi) is 4.41. The van der Waals surface area contributed by atoms with Crippen molar-refractivity contribution in [2.75, 3.05) is 23.8 Å². The van der Waals surface area contributed by atoms with Gasteiger partial charge in [-0.25, -0.2) is 0 Å². The van der Waals surface area contributed by atoms with E-state index < -0.39 is 0 Å². The van der Waals surface area contributed by atoms with Gasteiger partial charge in [0, 0.05) is 12.6 Å². The van der Waals surface area contributed by atoms with Crippen molar-refractivity contribution in [3.63, 3.8) is 0 Å². The molecular weight excluding hydrogens is 264 g/mol. The summed E-state index contributed by atoms with van der Waals surface area (Å²) in [6, 6.07) is 0.315. The number of carbonyl (C=O) groups is 1. The van der Waals surface area contributed by atoms with Crippen LogP contribution in [0.5, 0.6) is 0 Å². The average Bonchev–Trinajstić information content (AvgIpc) is 2.35. The first-order valence-corrected chi connectivity index (χ1v) is 7.24. The van der Waals surface area contributed by atoms with E-state index >= 15 is 0 Å². The lowest BCUT2D eigenvalue weighted by molar-refractivity contribution is -0.131. The summed E-state index contributed by atoms with van der Waals surface area (Å²) in [4.78, 5) is 25.6. The number of thioether (sulfide) groups is 1. The molecule has 0 bridgehead atoms. The van der Waals surface area contributed by atoms with Crippen LogP contribution in [-0.2, 0) is 4.79 Å². The molecule has 1 atom stereocenters. The Bertz CT molecular complexity index is 448. The fourth-order valence-corrected chi connectivity index (χ4v) is 2.87. The Balaban J connectivity index is 1.92. The first-order chi connectivity index (χ1) is 9.06. The molecule has 19 heavy (non-hydrogen) atoms. The summed E-state index contributed by atoms with van der Waals surface area (Å²) in [5, 5.41) is 0.392. The molecule has 1 aromatic heterocycles. The van der Waals surface area contributed by atoms with Gasteiger partial charge in [-0.3, -0.25) is 4.79 Å². The molecule has 1 fully saturated rings. The summed E-state index contributed by atoms with van der Waals surface area (Å²) in [6.45, 7) is 2.92. The zero-order chi connectivity index (χ0) is 13.8. The fourth-order valence-electron chi connectivity index (χ4n) is 2.13. The summed E-state index contributed by atoms with van der Waals surface area (Å²) in [5.41, 5.74) is 11.0. The summed E-state index contributed by atoms with van der Waals surface area (Å²) in [7, 11) is 0. The second-order valence-corrected chi connectivity index (χ2v) is 5.50. The van der Waals surface area contributed by atoms with E-state index in [2.05, 4.69) is 21.9 Å². The van der Waals surface area contributed by atoms with Crippen molar-refractivity contribution in [2.45, 2.75) is 37.4 Å².